The fourth-order valence-electron chi connectivity index (χ4n) is 2.46. The molecule has 220 valence electrons. The third-order valence-electron chi connectivity index (χ3n) is 4.23. The summed E-state index contributed by atoms with van der Waals surface area (Å²) in [6.07, 6.45) is 10.6. The summed E-state index contributed by atoms with van der Waals surface area (Å²) < 4.78 is 35.9. The Morgan fingerprint density at radius 3 is 1.70 bits per heavy atom. The first-order chi connectivity index (χ1) is 18.2. The van der Waals surface area contributed by atoms with Gasteiger partial charge in [-0.05, 0) is 32.1 Å². The number of isocyanates is 4. The van der Waals surface area contributed by atoms with E-state index in [2.05, 4.69) is 30.6 Å². The molecule has 0 aliphatic heterocycles. The number of nitrogens with one attached hydrogen (secondary N) is 2. The average Bonchev–Trinajstić information content (AvgIpc) is 2.87. The number of hydrogen-bond donors (Lipinski definition) is 2. The molecule has 40 heavy (non-hydrogen) atoms. The number of hydrogen-bond acceptors (Lipinski definition) is 14. The quantitative estimate of drug-likeness (QED) is 0.0371. The molecule has 0 aliphatic rings. The third-order valence-corrected chi connectivity index (χ3v) is 4.94. The van der Waals surface area contributed by atoms with Crippen LogP contribution in [0.3, 0.4) is 0 Å². The molecule has 0 aromatic heterocycles. The Labute approximate surface area is 255 Å². The van der Waals surface area contributed by atoms with E-state index in [1.807, 2.05) is 0 Å². The van der Waals surface area contributed by atoms with Crippen molar-refractivity contribution >= 4 is 46.4 Å². The average molecular weight is 599 g/mol. The zero-order chi connectivity index (χ0) is 28.9. The van der Waals surface area contributed by atoms with Crippen molar-refractivity contribution < 1.29 is 76.0 Å². The minimum absolute atomic E-state index is 0. The van der Waals surface area contributed by atoms with Gasteiger partial charge in [-0.1, -0.05) is 20.3 Å². The number of amides is 2. The number of aliphatic imine (C=N–C) groups is 4. The van der Waals surface area contributed by atoms with Crippen molar-refractivity contribution in [3.8, 4) is 0 Å². The SMILES string of the molecule is C.O=C=NCCCCC(N=C=O)C(=O)OCCNC(=O)NCCS(=O)(=O)[O-].O=C=NCCCCCCN=C=O.[Na+]. The topological polar surface area (TPSA) is 242 Å². The summed E-state index contributed by atoms with van der Waals surface area (Å²) in [5.41, 5.74) is 0. The maximum atomic E-state index is 11.8. The Balaban J connectivity index is -0.000000392. The zero-order valence-electron chi connectivity index (χ0n) is 21.8. The van der Waals surface area contributed by atoms with Crippen LogP contribution in [0.25, 0.3) is 0 Å². The van der Waals surface area contributed by atoms with E-state index in [4.69, 9.17) is 4.74 Å². The monoisotopic (exact) mass is 598 g/mol. The molecule has 0 rings (SSSR count). The molecule has 2 amide bonds. The van der Waals surface area contributed by atoms with E-state index in [1.54, 1.807) is 0 Å². The first-order valence-corrected chi connectivity index (χ1v) is 13.1. The number of carbonyl (C=O) groups is 2. The van der Waals surface area contributed by atoms with Gasteiger partial charge in [0.1, 0.15) is 6.61 Å². The molecule has 18 heteroatoms. The standard InChI is InChI=1S/C13H20N4O8S.C8H12N2O2.CH4.Na/c18-9-14-4-2-1-3-11(17-10-19)12(20)25-7-5-15-13(21)16-6-8-26(22,23)24;11-7-9-5-3-1-2-4-6-10-8-12;;/h11H,1-8H2,(H2,15,16,21)(H,22,23,24);1-6H2;1H4;/q;;;+1/p-1. The van der Waals surface area contributed by atoms with Crippen LogP contribution in [0.1, 0.15) is 52.4 Å². The van der Waals surface area contributed by atoms with Crippen LogP contribution in [0.4, 0.5) is 4.79 Å². The van der Waals surface area contributed by atoms with Crippen LogP contribution in [0.15, 0.2) is 20.0 Å². The first kappa shape index (κ1) is 44.2. The van der Waals surface area contributed by atoms with Crippen LogP contribution < -0.4 is 40.2 Å². The van der Waals surface area contributed by atoms with Crippen molar-refractivity contribution in [2.45, 2.75) is 58.4 Å². The van der Waals surface area contributed by atoms with E-state index >= 15 is 0 Å². The molecule has 1 unspecified atom stereocenters. The van der Waals surface area contributed by atoms with Crippen molar-refractivity contribution in [1.82, 2.24) is 10.6 Å². The molecule has 0 heterocycles. The number of esters is 1. The summed E-state index contributed by atoms with van der Waals surface area (Å²) >= 11 is 0. The molecule has 0 saturated carbocycles. The van der Waals surface area contributed by atoms with Gasteiger partial charge in [-0.3, -0.25) is 0 Å². The van der Waals surface area contributed by atoms with Crippen LogP contribution >= 0.6 is 0 Å². The Bertz CT molecular complexity index is 966. The summed E-state index contributed by atoms with van der Waals surface area (Å²) in [6, 6.07) is -1.77. The van der Waals surface area contributed by atoms with Crippen LogP contribution in [-0.2, 0) is 38.8 Å². The van der Waals surface area contributed by atoms with Crippen molar-refractivity contribution in [3.05, 3.63) is 0 Å². The summed E-state index contributed by atoms with van der Waals surface area (Å²) in [7, 11) is -4.41. The first-order valence-electron chi connectivity index (χ1n) is 11.5. The summed E-state index contributed by atoms with van der Waals surface area (Å²) in [5.74, 6) is -1.51. The van der Waals surface area contributed by atoms with Gasteiger partial charge < -0.3 is 19.9 Å². The van der Waals surface area contributed by atoms with Crippen LogP contribution in [0, 0.1) is 0 Å². The fraction of sp³-hybridized carbons (Fsp3) is 0.727. The molecular weight excluding hydrogens is 563 g/mol. The predicted octanol–water partition coefficient (Wildman–Crippen LogP) is -2.56. The van der Waals surface area contributed by atoms with Gasteiger partial charge in [-0.15, -0.1) is 0 Å². The van der Waals surface area contributed by atoms with Gasteiger partial charge >= 0.3 is 41.6 Å². The van der Waals surface area contributed by atoms with E-state index in [9.17, 15) is 41.7 Å². The normalized spacial score (nSPS) is 9.93. The van der Waals surface area contributed by atoms with Gasteiger partial charge in [-0.2, -0.15) is 4.99 Å². The molecule has 2 N–H and O–H groups in total. The summed E-state index contributed by atoms with van der Waals surface area (Å²) in [4.78, 5) is 76.1. The van der Waals surface area contributed by atoms with E-state index in [0.717, 1.165) is 25.7 Å². The molecule has 0 spiro atoms. The van der Waals surface area contributed by atoms with Crippen molar-refractivity contribution in [1.29, 1.82) is 0 Å². The largest absolute Gasteiger partial charge is 1.00 e. The minimum Gasteiger partial charge on any atom is -0.748 e. The van der Waals surface area contributed by atoms with Gasteiger partial charge in [0.25, 0.3) is 0 Å². The van der Waals surface area contributed by atoms with E-state index < -0.39 is 33.9 Å². The zero-order valence-corrected chi connectivity index (χ0v) is 24.6. The number of urea groups is 1. The van der Waals surface area contributed by atoms with Gasteiger partial charge in [0, 0.05) is 6.54 Å². The maximum Gasteiger partial charge on any atom is 1.00 e. The number of nitrogens with zero attached hydrogens (tertiary/aromatic N) is 4. The Hall–Kier alpha value is -2.83. The second kappa shape index (κ2) is 32.4. The molecule has 0 saturated heterocycles. The van der Waals surface area contributed by atoms with E-state index in [0.29, 0.717) is 25.9 Å². The van der Waals surface area contributed by atoms with Crippen molar-refractivity contribution in [2.24, 2.45) is 20.0 Å². The second-order valence-electron chi connectivity index (χ2n) is 7.18. The van der Waals surface area contributed by atoms with Gasteiger partial charge in [-0.25, -0.2) is 52.2 Å². The number of carbonyl (C=O) groups excluding carboxylic acids is 6. The number of rotatable bonds is 20. The Kier molecular flexibility index (Phi) is 35.8. The third kappa shape index (κ3) is 35.2. The van der Waals surface area contributed by atoms with Crippen LogP contribution in [0.5, 0.6) is 0 Å². The van der Waals surface area contributed by atoms with Crippen LogP contribution in [-0.4, -0.2) is 100 Å². The second-order valence-corrected chi connectivity index (χ2v) is 8.70. The number of ether oxygens (including phenoxy) is 1. The molecule has 0 aliphatic carbocycles. The van der Waals surface area contributed by atoms with E-state index in [-0.39, 0.29) is 69.6 Å². The number of unbranched alkanes of at least 4 members (excludes halogenated alkanes) is 4. The molecule has 0 radical (unpaired) electrons. The molecule has 0 aromatic carbocycles. The van der Waals surface area contributed by atoms with Crippen LogP contribution in [0.2, 0.25) is 0 Å². The van der Waals surface area contributed by atoms with Crippen molar-refractivity contribution in [3.63, 3.8) is 0 Å². The maximum absolute atomic E-state index is 11.8. The molecule has 16 nitrogen and oxygen atoms in total. The Morgan fingerprint density at radius 2 is 1.25 bits per heavy atom. The predicted molar refractivity (Wildman–Crippen MR) is 137 cm³/mol. The van der Waals surface area contributed by atoms with Gasteiger partial charge in [0.05, 0.1) is 42.1 Å². The Morgan fingerprint density at radius 1 is 0.775 bits per heavy atom. The smallest absolute Gasteiger partial charge is 0.748 e. The molecular formula is C22H35N6NaO10S. The fourth-order valence-corrected chi connectivity index (χ4v) is 2.82. The van der Waals surface area contributed by atoms with E-state index in [1.165, 1.54) is 24.3 Å². The van der Waals surface area contributed by atoms with Gasteiger partial charge in [0.2, 0.25) is 24.3 Å². The molecule has 0 aromatic rings. The summed E-state index contributed by atoms with van der Waals surface area (Å²) in [6.45, 7) is 0.741. The molecule has 1 atom stereocenters. The minimum atomic E-state index is -4.41. The van der Waals surface area contributed by atoms with Crippen molar-refractivity contribution in [2.75, 3.05) is 45.1 Å². The molecule has 0 bridgehead atoms. The van der Waals surface area contributed by atoms with Gasteiger partial charge in [0.15, 0.2) is 6.04 Å². The molecule has 0 fully saturated rings. The summed E-state index contributed by atoms with van der Waals surface area (Å²) in [5, 5.41) is 4.42.